The third kappa shape index (κ3) is 3.28. The third-order valence-electron chi connectivity index (χ3n) is 2.78. The molecule has 0 amide bonds. The molecule has 1 aromatic heterocycles. The standard InChI is InChI=1S/C14H10F3N3O/c1-8(21)7-19-13-5-10(6-18)20-12-3-2-9(4-11(12)13)14(15,16)17/h2-5H,7H2,1H3,(H,19,20). The van der Waals surface area contributed by atoms with Gasteiger partial charge in [0.2, 0.25) is 0 Å². The second-order valence-electron chi connectivity index (χ2n) is 4.45. The van der Waals surface area contributed by atoms with E-state index in [9.17, 15) is 18.0 Å². The number of rotatable bonds is 3. The molecular weight excluding hydrogens is 283 g/mol. The number of alkyl halides is 3. The average molecular weight is 293 g/mol. The predicted molar refractivity (Wildman–Crippen MR) is 70.6 cm³/mol. The summed E-state index contributed by atoms with van der Waals surface area (Å²) in [5.41, 5.74) is -0.216. The van der Waals surface area contributed by atoms with Crippen LogP contribution in [0.3, 0.4) is 0 Å². The number of halogens is 3. The number of benzene rings is 1. The monoisotopic (exact) mass is 293 g/mol. The van der Waals surface area contributed by atoms with Crippen LogP contribution in [0.4, 0.5) is 18.9 Å². The highest BCUT2D eigenvalue weighted by atomic mass is 19.4. The van der Waals surface area contributed by atoms with Gasteiger partial charge >= 0.3 is 6.18 Å². The number of nitriles is 1. The summed E-state index contributed by atoms with van der Waals surface area (Å²) in [7, 11) is 0. The number of nitrogens with one attached hydrogen (secondary N) is 1. The average Bonchev–Trinajstić information content (AvgIpc) is 2.42. The van der Waals surface area contributed by atoms with Crippen LogP contribution in [0.1, 0.15) is 18.2 Å². The molecule has 0 saturated carbocycles. The fraction of sp³-hybridized carbons (Fsp3) is 0.214. The lowest BCUT2D eigenvalue weighted by Crippen LogP contribution is -2.11. The first kappa shape index (κ1) is 14.8. The third-order valence-corrected chi connectivity index (χ3v) is 2.78. The van der Waals surface area contributed by atoms with Gasteiger partial charge in [0.15, 0.2) is 0 Å². The number of pyridine rings is 1. The highest BCUT2D eigenvalue weighted by Crippen LogP contribution is 2.33. The van der Waals surface area contributed by atoms with Crippen LogP contribution in [0.2, 0.25) is 0 Å². The fourth-order valence-corrected chi connectivity index (χ4v) is 1.83. The van der Waals surface area contributed by atoms with Gasteiger partial charge in [-0.2, -0.15) is 18.4 Å². The highest BCUT2D eigenvalue weighted by Gasteiger charge is 2.30. The van der Waals surface area contributed by atoms with E-state index in [-0.39, 0.29) is 34.6 Å². The molecule has 0 radical (unpaired) electrons. The smallest absolute Gasteiger partial charge is 0.377 e. The van der Waals surface area contributed by atoms with Crippen molar-refractivity contribution >= 4 is 22.4 Å². The van der Waals surface area contributed by atoms with Crippen LogP contribution in [0.5, 0.6) is 0 Å². The van der Waals surface area contributed by atoms with Crippen molar-refractivity contribution < 1.29 is 18.0 Å². The van der Waals surface area contributed by atoms with Crippen molar-refractivity contribution in [1.82, 2.24) is 4.98 Å². The Morgan fingerprint density at radius 3 is 2.67 bits per heavy atom. The minimum Gasteiger partial charge on any atom is -0.377 e. The Morgan fingerprint density at radius 1 is 1.38 bits per heavy atom. The fourth-order valence-electron chi connectivity index (χ4n) is 1.83. The Hall–Kier alpha value is -2.62. The molecular formula is C14H10F3N3O. The molecule has 0 unspecified atom stereocenters. The summed E-state index contributed by atoms with van der Waals surface area (Å²) in [4.78, 5) is 15.0. The molecule has 2 rings (SSSR count). The van der Waals surface area contributed by atoms with Gasteiger partial charge in [-0.15, -0.1) is 0 Å². The molecule has 0 fully saturated rings. The van der Waals surface area contributed by atoms with Crippen LogP contribution in [0.15, 0.2) is 24.3 Å². The van der Waals surface area contributed by atoms with Gasteiger partial charge in [-0.05, 0) is 31.2 Å². The van der Waals surface area contributed by atoms with Crippen molar-refractivity contribution in [1.29, 1.82) is 5.26 Å². The number of anilines is 1. The summed E-state index contributed by atoms with van der Waals surface area (Å²) >= 11 is 0. The SMILES string of the molecule is CC(=O)CNc1cc(C#N)nc2ccc(C(F)(F)F)cc12. The Bertz CT molecular complexity index is 747. The van der Waals surface area contributed by atoms with E-state index in [1.807, 2.05) is 6.07 Å². The van der Waals surface area contributed by atoms with Crippen LogP contribution < -0.4 is 5.32 Å². The van der Waals surface area contributed by atoms with E-state index in [1.165, 1.54) is 19.1 Å². The number of ketones is 1. The molecule has 4 nitrogen and oxygen atoms in total. The van der Waals surface area contributed by atoms with Crippen molar-refractivity contribution in [3.63, 3.8) is 0 Å². The molecule has 0 bridgehead atoms. The first-order chi connectivity index (χ1) is 9.81. The van der Waals surface area contributed by atoms with Gasteiger partial charge in [0.25, 0.3) is 0 Å². The van der Waals surface area contributed by atoms with Crippen molar-refractivity contribution in [2.24, 2.45) is 0 Å². The van der Waals surface area contributed by atoms with Gasteiger partial charge < -0.3 is 5.32 Å². The lowest BCUT2D eigenvalue weighted by molar-refractivity contribution is -0.137. The molecule has 0 aliphatic carbocycles. The second-order valence-corrected chi connectivity index (χ2v) is 4.45. The first-order valence-corrected chi connectivity index (χ1v) is 5.96. The molecule has 108 valence electrons. The maximum atomic E-state index is 12.8. The van der Waals surface area contributed by atoms with Gasteiger partial charge in [0.05, 0.1) is 17.6 Å². The van der Waals surface area contributed by atoms with E-state index < -0.39 is 11.7 Å². The lowest BCUT2D eigenvalue weighted by Gasteiger charge is -2.12. The van der Waals surface area contributed by atoms with Crippen LogP contribution in [0.25, 0.3) is 10.9 Å². The van der Waals surface area contributed by atoms with Crippen LogP contribution in [0, 0.1) is 11.3 Å². The summed E-state index contributed by atoms with van der Waals surface area (Å²) in [5, 5.41) is 11.8. The van der Waals surface area contributed by atoms with Gasteiger partial charge in [-0.1, -0.05) is 0 Å². The van der Waals surface area contributed by atoms with Gasteiger partial charge in [0, 0.05) is 11.1 Å². The molecule has 0 aliphatic rings. The number of nitrogens with zero attached hydrogens (tertiary/aromatic N) is 2. The number of hydrogen-bond donors (Lipinski definition) is 1. The summed E-state index contributed by atoms with van der Waals surface area (Å²) in [6, 6.07) is 6.22. The molecule has 1 aromatic carbocycles. The Kier molecular flexibility index (Phi) is 3.80. The van der Waals surface area contributed by atoms with Crippen molar-refractivity contribution in [2.45, 2.75) is 13.1 Å². The van der Waals surface area contributed by atoms with E-state index in [0.29, 0.717) is 0 Å². The topological polar surface area (TPSA) is 65.8 Å². The Labute approximate surface area is 118 Å². The maximum Gasteiger partial charge on any atom is 0.416 e. The van der Waals surface area contributed by atoms with E-state index >= 15 is 0 Å². The molecule has 1 heterocycles. The number of fused-ring (bicyclic) bond motifs is 1. The zero-order valence-electron chi connectivity index (χ0n) is 11.0. The molecule has 0 saturated heterocycles. The quantitative estimate of drug-likeness (QED) is 0.944. The summed E-state index contributed by atoms with van der Waals surface area (Å²) in [6.07, 6.45) is -4.47. The molecule has 7 heteroatoms. The zero-order chi connectivity index (χ0) is 15.6. The van der Waals surface area contributed by atoms with Crippen LogP contribution in [-0.4, -0.2) is 17.3 Å². The Morgan fingerprint density at radius 2 is 2.10 bits per heavy atom. The minimum atomic E-state index is -4.47. The van der Waals surface area contributed by atoms with E-state index in [4.69, 9.17) is 5.26 Å². The number of carbonyl (C=O) groups is 1. The zero-order valence-corrected chi connectivity index (χ0v) is 11.0. The number of hydrogen-bond acceptors (Lipinski definition) is 4. The molecule has 0 atom stereocenters. The van der Waals surface area contributed by atoms with Crippen molar-refractivity contribution in [3.05, 3.63) is 35.5 Å². The molecule has 1 N–H and O–H groups in total. The highest BCUT2D eigenvalue weighted by molar-refractivity contribution is 5.94. The largest absolute Gasteiger partial charge is 0.416 e. The summed E-state index contributed by atoms with van der Waals surface area (Å²) in [5.74, 6) is -0.176. The second kappa shape index (κ2) is 5.40. The molecule has 0 aliphatic heterocycles. The number of Topliss-reactive ketones (excluding diaryl/α,β-unsaturated/α-hetero) is 1. The van der Waals surface area contributed by atoms with Crippen LogP contribution >= 0.6 is 0 Å². The van der Waals surface area contributed by atoms with E-state index in [2.05, 4.69) is 10.3 Å². The molecule has 2 aromatic rings. The molecule has 21 heavy (non-hydrogen) atoms. The van der Waals surface area contributed by atoms with Gasteiger partial charge in [-0.25, -0.2) is 4.98 Å². The first-order valence-electron chi connectivity index (χ1n) is 5.96. The molecule has 0 spiro atoms. The minimum absolute atomic E-state index is 0.0414. The number of aromatic nitrogens is 1. The van der Waals surface area contributed by atoms with Crippen molar-refractivity contribution in [3.8, 4) is 6.07 Å². The number of carbonyl (C=O) groups excluding carboxylic acids is 1. The normalized spacial score (nSPS) is 11.2. The summed E-state index contributed by atoms with van der Waals surface area (Å²) in [6.45, 7) is 1.31. The van der Waals surface area contributed by atoms with Crippen molar-refractivity contribution in [2.75, 3.05) is 11.9 Å². The maximum absolute atomic E-state index is 12.8. The van der Waals surface area contributed by atoms with E-state index in [1.54, 1.807) is 0 Å². The lowest BCUT2D eigenvalue weighted by atomic mass is 10.1. The van der Waals surface area contributed by atoms with Gasteiger partial charge in [0.1, 0.15) is 17.5 Å². The Balaban J connectivity index is 2.61. The van der Waals surface area contributed by atoms with Gasteiger partial charge in [-0.3, -0.25) is 4.79 Å². The predicted octanol–water partition coefficient (Wildman–Crippen LogP) is 3.13. The van der Waals surface area contributed by atoms with Crippen LogP contribution in [-0.2, 0) is 11.0 Å². The summed E-state index contributed by atoms with van der Waals surface area (Å²) < 4.78 is 38.3. The van der Waals surface area contributed by atoms with E-state index in [0.717, 1.165) is 12.1 Å².